The Kier molecular flexibility index (Phi) is 3.74. The molecule has 0 radical (unpaired) electrons. The first-order chi connectivity index (χ1) is 11.1. The van der Waals surface area contributed by atoms with Crippen molar-refractivity contribution in [2.45, 2.75) is 0 Å². The van der Waals surface area contributed by atoms with Crippen LogP contribution in [0.4, 0.5) is 0 Å². The molecule has 0 saturated carbocycles. The van der Waals surface area contributed by atoms with Crippen molar-refractivity contribution < 1.29 is 50.4 Å². The number of phenolic OH excluding ortho intramolecular Hbond substituents is 4. The number of rotatable bonds is 3. The lowest BCUT2D eigenvalue weighted by molar-refractivity contribution is 0.0683. The van der Waals surface area contributed by atoms with Crippen LogP contribution in [0.2, 0.25) is 0 Å². The molecule has 2 aromatic carbocycles. The molecule has 0 atom stereocenters. The van der Waals surface area contributed by atoms with Crippen molar-refractivity contribution in [2.24, 2.45) is 0 Å². The molecule has 8 N–H and O–H groups in total. The lowest BCUT2D eigenvalue weighted by Crippen LogP contribution is -2.03. The average molecular weight is 338 g/mol. The van der Waals surface area contributed by atoms with Gasteiger partial charge in [-0.05, 0) is 6.07 Å². The van der Waals surface area contributed by atoms with Gasteiger partial charge in [0.15, 0.2) is 11.5 Å². The number of benzene rings is 2. The molecule has 0 unspecified atom stereocenters. The SMILES string of the molecule is O=C(O)c1cc(O)c(O)c(O)c1-c1c(O)cc(O)c(C(=O)O)c1O. The van der Waals surface area contributed by atoms with Crippen molar-refractivity contribution in [3.05, 3.63) is 23.3 Å². The number of carboxylic acids is 2. The van der Waals surface area contributed by atoms with Crippen molar-refractivity contribution in [1.29, 1.82) is 0 Å². The Morgan fingerprint density at radius 3 is 1.71 bits per heavy atom. The second-order valence-corrected chi connectivity index (χ2v) is 4.64. The molecule has 2 rings (SSSR count). The van der Waals surface area contributed by atoms with Crippen LogP contribution in [0.1, 0.15) is 20.7 Å². The van der Waals surface area contributed by atoms with Crippen LogP contribution in [0.5, 0.6) is 34.5 Å². The third kappa shape index (κ3) is 2.31. The normalized spacial score (nSPS) is 10.5. The quantitative estimate of drug-likeness (QED) is 0.373. The van der Waals surface area contributed by atoms with Crippen LogP contribution in [0.3, 0.4) is 0 Å². The summed E-state index contributed by atoms with van der Waals surface area (Å²) >= 11 is 0. The molecular weight excluding hydrogens is 328 g/mol. The maximum absolute atomic E-state index is 11.3. The molecule has 10 nitrogen and oxygen atoms in total. The fraction of sp³-hybridized carbons (Fsp3) is 0. The summed E-state index contributed by atoms with van der Waals surface area (Å²) in [6.45, 7) is 0. The number of aromatic hydroxyl groups is 6. The summed E-state index contributed by atoms with van der Waals surface area (Å²) in [5.41, 5.74) is -3.63. The van der Waals surface area contributed by atoms with E-state index in [2.05, 4.69) is 0 Å². The highest BCUT2D eigenvalue weighted by atomic mass is 16.4. The Bertz CT molecular complexity index is 884. The van der Waals surface area contributed by atoms with Gasteiger partial charge >= 0.3 is 11.9 Å². The van der Waals surface area contributed by atoms with Crippen LogP contribution in [-0.4, -0.2) is 52.8 Å². The van der Waals surface area contributed by atoms with Gasteiger partial charge in [0.25, 0.3) is 0 Å². The lowest BCUT2D eigenvalue weighted by Gasteiger charge is -2.16. The molecule has 24 heavy (non-hydrogen) atoms. The summed E-state index contributed by atoms with van der Waals surface area (Å²) in [5, 5.41) is 76.3. The van der Waals surface area contributed by atoms with Gasteiger partial charge in [-0.1, -0.05) is 0 Å². The third-order valence-electron chi connectivity index (χ3n) is 3.21. The number of hydrogen-bond acceptors (Lipinski definition) is 8. The zero-order valence-electron chi connectivity index (χ0n) is 11.5. The molecule has 0 aliphatic carbocycles. The van der Waals surface area contributed by atoms with Crippen LogP contribution >= 0.6 is 0 Å². The van der Waals surface area contributed by atoms with E-state index in [0.29, 0.717) is 12.1 Å². The van der Waals surface area contributed by atoms with Gasteiger partial charge < -0.3 is 40.9 Å². The lowest BCUT2D eigenvalue weighted by atomic mass is 9.93. The number of carbonyl (C=O) groups is 2. The first-order valence-electron chi connectivity index (χ1n) is 6.10. The van der Waals surface area contributed by atoms with Gasteiger partial charge in [0, 0.05) is 11.6 Å². The van der Waals surface area contributed by atoms with Gasteiger partial charge in [-0.15, -0.1) is 0 Å². The molecule has 0 aliphatic rings. The van der Waals surface area contributed by atoms with Gasteiger partial charge in [0.05, 0.1) is 11.1 Å². The van der Waals surface area contributed by atoms with Crippen LogP contribution < -0.4 is 0 Å². The molecule has 126 valence electrons. The summed E-state index contributed by atoms with van der Waals surface area (Å²) in [6, 6.07) is 1.03. The first kappa shape index (κ1) is 16.5. The van der Waals surface area contributed by atoms with Gasteiger partial charge in [0.2, 0.25) is 5.75 Å². The number of phenols is 6. The van der Waals surface area contributed by atoms with Gasteiger partial charge in [-0.2, -0.15) is 0 Å². The summed E-state index contributed by atoms with van der Waals surface area (Å²) in [6.07, 6.45) is 0. The Hall–Kier alpha value is -3.82. The monoisotopic (exact) mass is 338 g/mol. The fourth-order valence-electron chi connectivity index (χ4n) is 2.17. The molecule has 0 amide bonds. The minimum Gasteiger partial charge on any atom is -0.507 e. The zero-order chi connectivity index (χ0) is 18.3. The van der Waals surface area contributed by atoms with Crippen LogP contribution in [0.15, 0.2) is 12.1 Å². The van der Waals surface area contributed by atoms with Gasteiger partial charge in [-0.3, -0.25) is 0 Å². The van der Waals surface area contributed by atoms with E-state index in [9.17, 15) is 40.2 Å². The Morgan fingerprint density at radius 1 is 0.625 bits per heavy atom. The average Bonchev–Trinajstić information content (AvgIpc) is 2.45. The summed E-state index contributed by atoms with van der Waals surface area (Å²) in [4.78, 5) is 22.4. The molecule has 2 aromatic rings. The molecule has 0 saturated heterocycles. The minimum absolute atomic E-state index is 0.507. The number of carboxylic acid groups (broad SMARTS) is 2. The number of aromatic carboxylic acids is 2. The standard InChI is InChI=1S/C14H10O10/c15-4-2-5(16)9(14(23)24)11(19)8(4)7-3(13(21)22)1-6(17)10(18)12(7)20/h1-2,15-20H,(H,21,22)(H,23,24). The molecule has 10 heteroatoms. The fourth-order valence-corrected chi connectivity index (χ4v) is 2.17. The highest BCUT2D eigenvalue weighted by Gasteiger charge is 2.30. The van der Waals surface area contributed by atoms with Crippen LogP contribution in [0, 0.1) is 0 Å². The molecule has 0 aromatic heterocycles. The second-order valence-electron chi connectivity index (χ2n) is 4.64. The van der Waals surface area contributed by atoms with Crippen LogP contribution in [-0.2, 0) is 0 Å². The van der Waals surface area contributed by atoms with E-state index in [1.807, 2.05) is 0 Å². The smallest absolute Gasteiger partial charge is 0.343 e. The van der Waals surface area contributed by atoms with E-state index in [0.717, 1.165) is 0 Å². The van der Waals surface area contributed by atoms with Crippen molar-refractivity contribution in [3.8, 4) is 45.6 Å². The Balaban J connectivity index is 3.03. The first-order valence-corrected chi connectivity index (χ1v) is 6.10. The molecule has 0 bridgehead atoms. The van der Waals surface area contributed by atoms with E-state index in [1.165, 1.54) is 0 Å². The van der Waals surface area contributed by atoms with E-state index in [-0.39, 0.29) is 0 Å². The van der Waals surface area contributed by atoms with Crippen LogP contribution in [0.25, 0.3) is 11.1 Å². The van der Waals surface area contributed by atoms with Crippen molar-refractivity contribution in [1.82, 2.24) is 0 Å². The maximum Gasteiger partial charge on any atom is 0.343 e. The van der Waals surface area contributed by atoms with Crippen molar-refractivity contribution in [3.63, 3.8) is 0 Å². The predicted octanol–water partition coefficient (Wildman–Crippen LogP) is 0.984. The van der Waals surface area contributed by atoms with Gasteiger partial charge in [-0.25, -0.2) is 9.59 Å². The van der Waals surface area contributed by atoms with E-state index >= 15 is 0 Å². The highest BCUT2D eigenvalue weighted by Crippen LogP contribution is 2.52. The van der Waals surface area contributed by atoms with E-state index < -0.39 is 68.7 Å². The van der Waals surface area contributed by atoms with Crippen molar-refractivity contribution >= 4 is 11.9 Å². The molecular formula is C14H10O10. The molecule has 0 aliphatic heterocycles. The molecule has 0 heterocycles. The topological polar surface area (TPSA) is 196 Å². The van der Waals surface area contributed by atoms with E-state index in [4.69, 9.17) is 10.2 Å². The summed E-state index contributed by atoms with van der Waals surface area (Å²) < 4.78 is 0. The maximum atomic E-state index is 11.3. The molecule has 0 fully saturated rings. The summed E-state index contributed by atoms with van der Waals surface area (Å²) in [5.74, 6) is -10.1. The second kappa shape index (κ2) is 5.43. The number of hydrogen-bond donors (Lipinski definition) is 8. The van der Waals surface area contributed by atoms with E-state index in [1.54, 1.807) is 0 Å². The minimum atomic E-state index is -1.80. The predicted molar refractivity (Wildman–Crippen MR) is 75.8 cm³/mol. The zero-order valence-corrected chi connectivity index (χ0v) is 11.5. The Morgan fingerprint density at radius 2 is 1.21 bits per heavy atom. The third-order valence-corrected chi connectivity index (χ3v) is 3.21. The van der Waals surface area contributed by atoms with Crippen molar-refractivity contribution in [2.75, 3.05) is 0 Å². The Labute approximate surface area is 132 Å². The molecule has 0 spiro atoms. The summed E-state index contributed by atoms with van der Waals surface area (Å²) in [7, 11) is 0. The van der Waals surface area contributed by atoms with Gasteiger partial charge in [0.1, 0.15) is 22.8 Å². The highest BCUT2D eigenvalue weighted by molar-refractivity contribution is 6.05. The largest absolute Gasteiger partial charge is 0.507 e.